The van der Waals surface area contributed by atoms with Gasteiger partial charge < -0.3 is 10.5 Å². The predicted octanol–water partition coefficient (Wildman–Crippen LogP) is 1.17. The third kappa shape index (κ3) is 2.38. The van der Waals surface area contributed by atoms with Gasteiger partial charge in [-0.15, -0.1) is 0 Å². The minimum Gasteiger partial charge on any atom is -0.384 e. The van der Waals surface area contributed by atoms with Crippen LogP contribution in [0.5, 0.6) is 0 Å². The second-order valence-corrected chi connectivity index (χ2v) is 3.46. The molecule has 0 aliphatic carbocycles. The fourth-order valence-electron chi connectivity index (χ4n) is 1.40. The van der Waals surface area contributed by atoms with Crippen LogP contribution in [0.15, 0.2) is 30.7 Å². The Kier molecular flexibility index (Phi) is 3.16. The van der Waals surface area contributed by atoms with Crippen LogP contribution in [-0.2, 0) is 11.3 Å². The van der Waals surface area contributed by atoms with E-state index in [0.29, 0.717) is 12.4 Å². The number of ether oxygens (including phenoxy) is 1. The summed E-state index contributed by atoms with van der Waals surface area (Å²) in [6.07, 6.45) is 5.52. The zero-order valence-electron chi connectivity index (χ0n) is 9.13. The van der Waals surface area contributed by atoms with E-state index in [4.69, 9.17) is 10.5 Å². The summed E-state index contributed by atoms with van der Waals surface area (Å²) in [4.78, 5) is 4.04. The summed E-state index contributed by atoms with van der Waals surface area (Å²) in [5.74, 6) is 0.524. The van der Waals surface area contributed by atoms with Crippen molar-refractivity contribution < 1.29 is 4.74 Å². The van der Waals surface area contributed by atoms with E-state index in [0.717, 1.165) is 17.7 Å². The number of hydrogen-bond acceptors (Lipinski definition) is 4. The zero-order valence-corrected chi connectivity index (χ0v) is 9.13. The Morgan fingerprint density at radius 1 is 1.31 bits per heavy atom. The second-order valence-electron chi connectivity index (χ2n) is 3.46. The number of nitrogens with zero attached hydrogens (tertiary/aromatic N) is 3. The van der Waals surface area contributed by atoms with Gasteiger partial charge in [-0.05, 0) is 12.1 Å². The topological polar surface area (TPSA) is 66.0 Å². The maximum atomic E-state index is 5.53. The van der Waals surface area contributed by atoms with Gasteiger partial charge >= 0.3 is 0 Å². The molecule has 16 heavy (non-hydrogen) atoms. The summed E-state index contributed by atoms with van der Waals surface area (Å²) >= 11 is 0. The Morgan fingerprint density at radius 2 is 2.19 bits per heavy atom. The molecular formula is C11H14N4O. The van der Waals surface area contributed by atoms with Crippen molar-refractivity contribution in [2.45, 2.75) is 6.54 Å². The molecule has 5 heteroatoms. The van der Waals surface area contributed by atoms with Crippen molar-refractivity contribution in [3.63, 3.8) is 0 Å². The van der Waals surface area contributed by atoms with E-state index in [1.54, 1.807) is 19.4 Å². The summed E-state index contributed by atoms with van der Waals surface area (Å²) in [5, 5.41) is 4.23. The van der Waals surface area contributed by atoms with Gasteiger partial charge in [0.05, 0.1) is 19.3 Å². The largest absolute Gasteiger partial charge is 0.384 e. The molecule has 0 atom stereocenters. The number of rotatable bonds is 4. The highest BCUT2D eigenvalue weighted by Crippen LogP contribution is 2.17. The minimum atomic E-state index is 0.524. The molecule has 0 aliphatic heterocycles. The summed E-state index contributed by atoms with van der Waals surface area (Å²) in [6.45, 7) is 1.40. The molecule has 2 rings (SSSR count). The molecule has 0 aliphatic rings. The molecule has 0 unspecified atom stereocenters. The van der Waals surface area contributed by atoms with Crippen molar-refractivity contribution >= 4 is 5.82 Å². The van der Waals surface area contributed by atoms with Gasteiger partial charge in [-0.2, -0.15) is 5.10 Å². The average Bonchev–Trinajstić information content (AvgIpc) is 2.76. The third-order valence-corrected chi connectivity index (χ3v) is 2.28. The Morgan fingerprint density at radius 3 is 2.88 bits per heavy atom. The van der Waals surface area contributed by atoms with Gasteiger partial charge in [0.2, 0.25) is 0 Å². The summed E-state index contributed by atoms with van der Waals surface area (Å²) in [7, 11) is 1.67. The van der Waals surface area contributed by atoms with Crippen LogP contribution in [0.2, 0.25) is 0 Å². The Labute approximate surface area is 93.9 Å². The van der Waals surface area contributed by atoms with Gasteiger partial charge in [-0.1, -0.05) is 0 Å². The summed E-state index contributed by atoms with van der Waals surface area (Å²) in [5.41, 5.74) is 7.57. The number of hydrogen-bond donors (Lipinski definition) is 1. The van der Waals surface area contributed by atoms with Gasteiger partial charge in [-0.25, -0.2) is 4.98 Å². The second kappa shape index (κ2) is 4.76. The first-order valence-electron chi connectivity index (χ1n) is 5.03. The van der Waals surface area contributed by atoms with Crippen molar-refractivity contribution in [3.05, 3.63) is 30.7 Å². The number of methoxy groups -OCH3 is 1. The van der Waals surface area contributed by atoms with E-state index in [1.807, 2.05) is 23.1 Å². The van der Waals surface area contributed by atoms with E-state index >= 15 is 0 Å². The van der Waals surface area contributed by atoms with Gasteiger partial charge in [0.15, 0.2) is 0 Å². The number of aromatic nitrogens is 3. The SMILES string of the molecule is COCCn1cc(-c2ccc(N)nc2)cn1. The monoisotopic (exact) mass is 218 g/mol. The molecule has 2 aromatic heterocycles. The summed E-state index contributed by atoms with van der Waals surface area (Å²) < 4.78 is 6.83. The molecule has 0 saturated carbocycles. The molecule has 84 valence electrons. The van der Waals surface area contributed by atoms with Gasteiger partial charge in [-0.3, -0.25) is 4.68 Å². The van der Waals surface area contributed by atoms with Crippen LogP contribution < -0.4 is 5.73 Å². The molecule has 0 amide bonds. The Bertz CT molecular complexity index is 449. The van der Waals surface area contributed by atoms with E-state index < -0.39 is 0 Å². The smallest absolute Gasteiger partial charge is 0.123 e. The van der Waals surface area contributed by atoms with Crippen molar-refractivity contribution in [2.24, 2.45) is 0 Å². The molecular weight excluding hydrogens is 204 g/mol. The van der Waals surface area contributed by atoms with E-state index in [9.17, 15) is 0 Å². The molecule has 0 radical (unpaired) electrons. The van der Waals surface area contributed by atoms with Gasteiger partial charge in [0.1, 0.15) is 5.82 Å². The van der Waals surface area contributed by atoms with E-state index in [-0.39, 0.29) is 0 Å². The van der Waals surface area contributed by atoms with Crippen molar-refractivity contribution in [2.75, 3.05) is 19.5 Å². The first-order valence-corrected chi connectivity index (χ1v) is 5.03. The van der Waals surface area contributed by atoms with Crippen LogP contribution in [0.1, 0.15) is 0 Å². The maximum Gasteiger partial charge on any atom is 0.123 e. The number of nitrogens with two attached hydrogens (primary N) is 1. The summed E-state index contributed by atoms with van der Waals surface area (Å²) in [6, 6.07) is 3.71. The first-order chi connectivity index (χ1) is 7.79. The first kappa shape index (κ1) is 10.6. The third-order valence-electron chi connectivity index (χ3n) is 2.28. The number of pyridine rings is 1. The lowest BCUT2D eigenvalue weighted by molar-refractivity contribution is 0.183. The quantitative estimate of drug-likeness (QED) is 0.836. The Hall–Kier alpha value is -1.88. The van der Waals surface area contributed by atoms with E-state index in [2.05, 4.69) is 10.1 Å². The standard InChI is InChI=1S/C11H14N4O/c1-16-5-4-15-8-10(7-14-15)9-2-3-11(12)13-6-9/h2-3,6-8H,4-5H2,1H3,(H2,12,13). The van der Waals surface area contributed by atoms with Gasteiger partial charge in [0.25, 0.3) is 0 Å². The van der Waals surface area contributed by atoms with Crippen molar-refractivity contribution in [1.29, 1.82) is 0 Å². The number of nitrogen functional groups attached to an aromatic ring is 1. The lowest BCUT2D eigenvalue weighted by Crippen LogP contribution is -2.03. The van der Waals surface area contributed by atoms with E-state index in [1.165, 1.54) is 0 Å². The fourth-order valence-corrected chi connectivity index (χ4v) is 1.40. The normalized spacial score (nSPS) is 10.6. The highest BCUT2D eigenvalue weighted by atomic mass is 16.5. The van der Waals surface area contributed by atoms with Crippen LogP contribution in [0.4, 0.5) is 5.82 Å². The molecule has 0 bridgehead atoms. The molecule has 2 aromatic rings. The van der Waals surface area contributed by atoms with Crippen LogP contribution in [0.3, 0.4) is 0 Å². The molecule has 0 spiro atoms. The van der Waals surface area contributed by atoms with Crippen molar-refractivity contribution in [3.8, 4) is 11.1 Å². The highest BCUT2D eigenvalue weighted by molar-refractivity contribution is 5.61. The van der Waals surface area contributed by atoms with Gasteiger partial charge in [0, 0.05) is 30.6 Å². The van der Waals surface area contributed by atoms with Crippen molar-refractivity contribution in [1.82, 2.24) is 14.8 Å². The molecule has 2 heterocycles. The molecule has 0 aromatic carbocycles. The minimum absolute atomic E-state index is 0.524. The maximum absolute atomic E-state index is 5.53. The average molecular weight is 218 g/mol. The molecule has 0 fully saturated rings. The van der Waals surface area contributed by atoms with Crippen LogP contribution >= 0.6 is 0 Å². The Balaban J connectivity index is 2.15. The van der Waals surface area contributed by atoms with Crippen LogP contribution in [-0.4, -0.2) is 28.5 Å². The fraction of sp³-hybridized carbons (Fsp3) is 0.273. The predicted molar refractivity (Wildman–Crippen MR) is 61.7 cm³/mol. The lowest BCUT2D eigenvalue weighted by Gasteiger charge is -1.99. The molecule has 5 nitrogen and oxygen atoms in total. The van der Waals surface area contributed by atoms with Crippen LogP contribution in [0.25, 0.3) is 11.1 Å². The molecule has 0 saturated heterocycles. The number of anilines is 1. The lowest BCUT2D eigenvalue weighted by atomic mass is 10.2. The highest BCUT2D eigenvalue weighted by Gasteiger charge is 2.01. The van der Waals surface area contributed by atoms with Crippen LogP contribution in [0, 0.1) is 0 Å². The molecule has 2 N–H and O–H groups in total. The zero-order chi connectivity index (χ0) is 11.4.